The van der Waals surface area contributed by atoms with E-state index in [1.165, 1.54) is 28.6 Å². The van der Waals surface area contributed by atoms with Gasteiger partial charge in [0.2, 0.25) is 0 Å². The zero-order valence-electron chi connectivity index (χ0n) is 20.5. The third kappa shape index (κ3) is 8.58. The number of nitrogen functional groups attached to an aromatic ring is 1. The first-order chi connectivity index (χ1) is 17.1. The first-order valence-corrected chi connectivity index (χ1v) is 16.1. The van der Waals surface area contributed by atoms with Gasteiger partial charge in [-0.2, -0.15) is 0 Å². The average Bonchev–Trinajstić information content (AvgIpc) is 2.84. The molecule has 36 heavy (non-hydrogen) atoms. The van der Waals surface area contributed by atoms with Crippen molar-refractivity contribution in [2.75, 3.05) is 30.0 Å². The summed E-state index contributed by atoms with van der Waals surface area (Å²) in [6.07, 6.45) is -0.811. The Labute approximate surface area is 223 Å². The molecule has 1 unspecified atom stereocenters. The number of hydrogen-bond acceptors (Lipinski definition) is 7. The number of alkyl carbamates (subject to hydrolysis) is 1. The minimum atomic E-state index is -3.90. The first kappa shape index (κ1) is 28.6. The molecule has 0 aliphatic carbocycles. The van der Waals surface area contributed by atoms with Crippen LogP contribution in [0.1, 0.15) is 25.8 Å². The molecule has 0 radical (unpaired) electrons. The maximum atomic E-state index is 13.4. The summed E-state index contributed by atoms with van der Waals surface area (Å²) in [5.41, 5.74) is 7.09. The van der Waals surface area contributed by atoms with Crippen LogP contribution in [0.15, 0.2) is 59.5 Å². The van der Waals surface area contributed by atoms with E-state index < -0.39 is 49.5 Å². The number of halogens is 1. The zero-order valence-corrected chi connectivity index (χ0v) is 23.5. The number of carbonyl (C=O) groups excluding carboxylic acids is 1. The number of amides is 1. The molecule has 2 aromatic carbocycles. The van der Waals surface area contributed by atoms with E-state index in [0.29, 0.717) is 29.7 Å². The molecule has 1 aliphatic rings. The summed E-state index contributed by atoms with van der Waals surface area (Å²) >= 11 is -0.409. The normalized spacial score (nSPS) is 18.3. The second-order valence-corrected chi connectivity index (χ2v) is 13.9. The summed E-state index contributed by atoms with van der Waals surface area (Å²) < 4.78 is 39.6. The van der Waals surface area contributed by atoms with Crippen LogP contribution >= 0.6 is 0 Å². The Balaban J connectivity index is 1.79. The summed E-state index contributed by atoms with van der Waals surface area (Å²) in [6.45, 7) is 4.39. The van der Waals surface area contributed by atoms with Gasteiger partial charge in [-0.1, -0.05) is 0 Å². The van der Waals surface area contributed by atoms with Crippen molar-refractivity contribution in [3.8, 4) is 0 Å². The van der Waals surface area contributed by atoms with Crippen LogP contribution in [0, 0.1) is 5.92 Å². The monoisotopic (exact) mass is 632 g/mol. The number of nitrogens with two attached hydrogens (primary N) is 1. The van der Waals surface area contributed by atoms with E-state index in [1.54, 1.807) is 0 Å². The number of alkyl halides is 2. The van der Waals surface area contributed by atoms with Crippen LogP contribution in [0.2, 0.25) is 0 Å². The quantitative estimate of drug-likeness (QED) is 0.172. The van der Waals surface area contributed by atoms with Crippen molar-refractivity contribution in [1.29, 1.82) is 0 Å². The van der Waals surface area contributed by atoms with Crippen LogP contribution in [0.4, 0.5) is 10.5 Å². The van der Waals surface area contributed by atoms with Gasteiger partial charge in [0.05, 0.1) is 0 Å². The molecule has 1 saturated heterocycles. The number of benzene rings is 2. The van der Waals surface area contributed by atoms with E-state index in [4.69, 9.17) is 15.2 Å². The summed E-state index contributed by atoms with van der Waals surface area (Å²) in [7, 11) is -3.90. The molecule has 11 heteroatoms. The molecular formula is C25H35IN3O6S-. The Bertz CT molecular complexity index is 1060. The Kier molecular flexibility index (Phi) is 10.8. The van der Waals surface area contributed by atoms with Crippen LogP contribution < -0.4 is 32.3 Å². The predicted octanol–water partition coefficient (Wildman–Crippen LogP) is -0.593. The van der Waals surface area contributed by atoms with Crippen LogP contribution in [0.3, 0.4) is 0 Å². The summed E-state index contributed by atoms with van der Waals surface area (Å²) in [5.74, 6) is 0.0173. The standard InChI is InChI=1S/C25H35IN3O6S/c1-18(2)15-29(36(32,33)21-10-8-20(27)9-11-21)16-23(30)22(14-19-6-4-3-5-7-19)28-25(31)35-24-12-13-34-17-26-24/h3-11,18,22-24,30H,12-17,27H2,1-2H3,(H,28,31)/q-1/t22-,23+,24?/m0/s1. The average molecular weight is 633 g/mol. The van der Waals surface area contributed by atoms with Crippen molar-refractivity contribution in [3.05, 3.63) is 60.2 Å². The van der Waals surface area contributed by atoms with Crippen LogP contribution in [0.5, 0.6) is 0 Å². The molecule has 0 saturated carbocycles. The molecule has 4 N–H and O–H groups in total. The molecule has 200 valence electrons. The fourth-order valence-corrected chi connectivity index (χ4v) is 7.46. The molecule has 2 aromatic rings. The third-order valence-corrected chi connectivity index (χ3v) is 10.1. The fourth-order valence-electron chi connectivity index (χ4n) is 3.77. The van der Waals surface area contributed by atoms with Gasteiger partial charge in [-0.25, -0.2) is 0 Å². The van der Waals surface area contributed by atoms with Crippen molar-refractivity contribution in [2.45, 2.75) is 47.8 Å². The van der Waals surface area contributed by atoms with Crippen LogP contribution in [0.25, 0.3) is 0 Å². The van der Waals surface area contributed by atoms with Gasteiger partial charge in [-0.3, -0.25) is 0 Å². The molecule has 1 aliphatic heterocycles. The summed E-state index contributed by atoms with van der Waals surface area (Å²) in [4.78, 5) is 12.8. The minimum absolute atomic E-state index is 0.0173. The van der Waals surface area contributed by atoms with Crippen LogP contribution in [-0.4, -0.2) is 64.5 Å². The first-order valence-electron chi connectivity index (χ1n) is 11.9. The number of carbonyl (C=O) groups is 1. The van der Waals surface area contributed by atoms with E-state index in [-0.39, 0.29) is 28.0 Å². The SMILES string of the molecule is CC(C)CN(C[C@@H](O)[C@H](Cc1ccccc1)NC(=O)OC1CCOC[I-]1)S(=O)(=O)c1ccc(N)cc1. The molecule has 1 heterocycles. The van der Waals surface area contributed by atoms with E-state index >= 15 is 0 Å². The van der Waals surface area contributed by atoms with Crippen molar-refractivity contribution in [3.63, 3.8) is 0 Å². The van der Waals surface area contributed by atoms with Crippen molar-refractivity contribution >= 4 is 21.8 Å². The van der Waals surface area contributed by atoms with Crippen molar-refractivity contribution in [1.82, 2.24) is 9.62 Å². The van der Waals surface area contributed by atoms with Crippen molar-refractivity contribution in [2.24, 2.45) is 5.92 Å². The van der Waals surface area contributed by atoms with E-state index in [2.05, 4.69) is 5.32 Å². The van der Waals surface area contributed by atoms with Gasteiger partial charge in [-0.05, 0) is 0 Å². The number of rotatable bonds is 11. The topological polar surface area (TPSA) is 131 Å². The second kappa shape index (κ2) is 13.6. The molecule has 3 rings (SSSR count). The number of nitrogens with one attached hydrogen (secondary N) is 1. The van der Waals surface area contributed by atoms with Crippen LogP contribution in [-0.2, 0) is 25.9 Å². The van der Waals surface area contributed by atoms with Gasteiger partial charge in [0, 0.05) is 5.69 Å². The molecule has 1 amide bonds. The fraction of sp³-hybridized carbons (Fsp3) is 0.480. The number of aliphatic hydroxyl groups excluding tert-OH is 1. The van der Waals surface area contributed by atoms with Gasteiger partial charge in [0.1, 0.15) is 0 Å². The predicted molar refractivity (Wildman–Crippen MR) is 133 cm³/mol. The van der Waals surface area contributed by atoms with E-state index in [9.17, 15) is 18.3 Å². The van der Waals surface area contributed by atoms with Gasteiger partial charge in [0.25, 0.3) is 0 Å². The summed E-state index contributed by atoms with van der Waals surface area (Å²) in [6, 6.07) is 14.7. The molecule has 0 spiro atoms. The Morgan fingerprint density at radius 1 is 1.19 bits per heavy atom. The molecule has 3 atom stereocenters. The van der Waals surface area contributed by atoms with Gasteiger partial charge in [-0.15, -0.1) is 0 Å². The second-order valence-electron chi connectivity index (χ2n) is 9.07. The zero-order chi connectivity index (χ0) is 26.1. The van der Waals surface area contributed by atoms with Gasteiger partial charge < -0.3 is 5.73 Å². The number of anilines is 1. The molecule has 1 fully saturated rings. The van der Waals surface area contributed by atoms with E-state index in [0.717, 1.165) is 5.56 Å². The Morgan fingerprint density at radius 2 is 1.89 bits per heavy atom. The number of ether oxygens (including phenoxy) is 2. The molecular weight excluding hydrogens is 597 g/mol. The number of aliphatic hydroxyl groups is 1. The number of sulfonamides is 1. The van der Waals surface area contributed by atoms with E-state index in [1.807, 2.05) is 44.2 Å². The molecule has 0 aromatic heterocycles. The summed E-state index contributed by atoms with van der Waals surface area (Å²) in [5, 5.41) is 14.1. The third-order valence-electron chi connectivity index (χ3n) is 5.58. The number of nitrogens with zero attached hydrogens (tertiary/aromatic N) is 1. The molecule has 0 bridgehead atoms. The maximum absolute atomic E-state index is 13.4. The number of hydrogen-bond donors (Lipinski definition) is 3. The molecule has 9 nitrogen and oxygen atoms in total. The van der Waals surface area contributed by atoms with Crippen molar-refractivity contribution < 1.29 is 49.0 Å². The van der Waals surface area contributed by atoms with Gasteiger partial charge >= 0.3 is 213 Å². The Morgan fingerprint density at radius 3 is 2.50 bits per heavy atom. The van der Waals surface area contributed by atoms with Gasteiger partial charge in [0.15, 0.2) is 0 Å². The Hall–Kier alpha value is -1.93.